The Morgan fingerprint density at radius 3 is 2.89 bits per heavy atom. The predicted octanol–water partition coefficient (Wildman–Crippen LogP) is 2.13. The van der Waals surface area contributed by atoms with Crippen LogP contribution in [0.4, 0.5) is 5.69 Å². The molecule has 0 bridgehead atoms. The van der Waals surface area contributed by atoms with E-state index in [4.69, 9.17) is 15.7 Å². The standard InChI is InChI=1S/C13H16N2O3/c1-17-13(16)12-10(15)6-5-7-11(12)18-9-4-2-3-8-14/h5-7H,2-4,9,15H2,1H3. The summed E-state index contributed by atoms with van der Waals surface area (Å²) in [6.45, 7) is 0.440. The number of nitrogen functional groups attached to an aromatic ring is 1. The van der Waals surface area contributed by atoms with Crippen LogP contribution >= 0.6 is 0 Å². The topological polar surface area (TPSA) is 85.3 Å². The van der Waals surface area contributed by atoms with Gasteiger partial charge in [-0.1, -0.05) is 6.07 Å². The number of nitrogens with zero attached hydrogens (tertiary/aromatic N) is 1. The number of anilines is 1. The van der Waals surface area contributed by atoms with E-state index < -0.39 is 5.97 Å². The molecule has 0 radical (unpaired) electrons. The number of nitrogens with two attached hydrogens (primary N) is 1. The number of nitriles is 1. The first-order chi connectivity index (χ1) is 8.70. The van der Waals surface area contributed by atoms with Gasteiger partial charge in [0.2, 0.25) is 0 Å². The number of benzene rings is 1. The molecule has 1 aromatic carbocycles. The molecule has 2 N–H and O–H groups in total. The Labute approximate surface area is 106 Å². The number of hydrogen-bond donors (Lipinski definition) is 1. The van der Waals surface area contributed by atoms with Crippen LogP contribution in [0, 0.1) is 11.3 Å². The van der Waals surface area contributed by atoms with E-state index in [0.717, 1.165) is 12.8 Å². The molecule has 0 unspecified atom stereocenters. The average molecular weight is 248 g/mol. The largest absolute Gasteiger partial charge is 0.493 e. The third-order valence-corrected chi connectivity index (χ3v) is 2.39. The van der Waals surface area contributed by atoms with E-state index in [0.29, 0.717) is 24.5 Å². The molecule has 0 fully saturated rings. The molecule has 0 saturated carbocycles. The normalized spacial score (nSPS) is 9.56. The molecule has 0 spiro atoms. The van der Waals surface area contributed by atoms with Crippen molar-refractivity contribution >= 4 is 11.7 Å². The fourth-order valence-corrected chi connectivity index (χ4v) is 1.48. The minimum atomic E-state index is -0.514. The Balaban J connectivity index is 2.68. The van der Waals surface area contributed by atoms with Crippen molar-refractivity contribution in [3.63, 3.8) is 0 Å². The highest BCUT2D eigenvalue weighted by Gasteiger charge is 2.16. The molecule has 0 aliphatic carbocycles. The SMILES string of the molecule is COC(=O)c1c(N)cccc1OCCCCC#N. The summed E-state index contributed by atoms with van der Waals surface area (Å²) >= 11 is 0. The van der Waals surface area contributed by atoms with Gasteiger partial charge in [-0.2, -0.15) is 5.26 Å². The predicted molar refractivity (Wildman–Crippen MR) is 67.2 cm³/mol. The number of unbranched alkanes of at least 4 members (excludes halogenated alkanes) is 2. The molecule has 18 heavy (non-hydrogen) atoms. The summed E-state index contributed by atoms with van der Waals surface area (Å²) in [5.41, 5.74) is 6.31. The number of hydrogen-bond acceptors (Lipinski definition) is 5. The summed E-state index contributed by atoms with van der Waals surface area (Å²) in [7, 11) is 1.30. The van der Waals surface area contributed by atoms with Crippen LogP contribution in [0.1, 0.15) is 29.6 Å². The lowest BCUT2D eigenvalue weighted by molar-refractivity contribution is 0.0597. The first kappa shape index (κ1) is 13.8. The first-order valence-electron chi connectivity index (χ1n) is 5.67. The van der Waals surface area contributed by atoms with Crippen molar-refractivity contribution in [3.8, 4) is 11.8 Å². The van der Waals surface area contributed by atoms with Gasteiger partial charge in [0.1, 0.15) is 11.3 Å². The van der Waals surface area contributed by atoms with Crippen molar-refractivity contribution in [2.45, 2.75) is 19.3 Å². The molecule has 1 aromatic rings. The number of methoxy groups -OCH3 is 1. The van der Waals surface area contributed by atoms with Gasteiger partial charge >= 0.3 is 5.97 Å². The van der Waals surface area contributed by atoms with Gasteiger partial charge in [-0.3, -0.25) is 0 Å². The van der Waals surface area contributed by atoms with Gasteiger partial charge in [0.25, 0.3) is 0 Å². The number of carbonyl (C=O) groups is 1. The van der Waals surface area contributed by atoms with E-state index in [1.807, 2.05) is 0 Å². The Kier molecular flexibility index (Phi) is 5.52. The molecule has 0 saturated heterocycles. The minimum absolute atomic E-state index is 0.250. The molecular weight excluding hydrogens is 232 g/mol. The van der Waals surface area contributed by atoms with Crippen molar-refractivity contribution in [2.24, 2.45) is 0 Å². The van der Waals surface area contributed by atoms with Crippen LogP contribution in [0.3, 0.4) is 0 Å². The van der Waals surface area contributed by atoms with Gasteiger partial charge in [0.15, 0.2) is 0 Å². The van der Waals surface area contributed by atoms with Crippen molar-refractivity contribution in [1.29, 1.82) is 5.26 Å². The number of rotatable bonds is 6. The second kappa shape index (κ2) is 7.17. The molecule has 0 atom stereocenters. The monoisotopic (exact) mass is 248 g/mol. The minimum Gasteiger partial charge on any atom is -0.493 e. The molecule has 0 amide bonds. The lowest BCUT2D eigenvalue weighted by Crippen LogP contribution is -2.09. The Bertz CT molecular complexity index is 452. The van der Waals surface area contributed by atoms with Crippen molar-refractivity contribution in [2.75, 3.05) is 19.5 Å². The Morgan fingerprint density at radius 2 is 2.22 bits per heavy atom. The van der Waals surface area contributed by atoms with E-state index in [2.05, 4.69) is 10.8 Å². The summed E-state index contributed by atoms with van der Waals surface area (Å²) in [6, 6.07) is 7.07. The van der Waals surface area contributed by atoms with E-state index in [1.165, 1.54) is 7.11 Å². The summed E-state index contributed by atoms with van der Waals surface area (Å²) in [6.07, 6.45) is 2.03. The first-order valence-corrected chi connectivity index (χ1v) is 5.67. The van der Waals surface area contributed by atoms with Crippen LogP contribution < -0.4 is 10.5 Å². The Hall–Kier alpha value is -2.22. The lowest BCUT2D eigenvalue weighted by Gasteiger charge is -2.11. The second-order valence-corrected chi connectivity index (χ2v) is 3.68. The maximum atomic E-state index is 11.6. The fourth-order valence-electron chi connectivity index (χ4n) is 1.48. The van der Waals surface area contributed by atoms with Crippen LogP contribution in [0.25, 0.3) is 0 Å². The molecule has 0 heterocycles. The van der Waals surface area contributed by atoms with Gasteiger partial charge in [-0.05, 0) is 25.0 Å². The zero-order chi connectivity index (χ0) is 13.4. The number of carbonyl (C=O) groups excluding carboxylic acids is 1. The number of ether oxygens (including phenoxy) is 2. The summed E-state index contributed by atoms with van der Waals surface area (Å²) in [5.74, 6) is -0.0982. The second-order valence-electron chi connectivity index (χ2n) is 3.68. The highest BCUT2D eigenvalue weighted by Crippen LogP contribution is 2.25. The lowest BCUT2D eigenvalue weighted by atomic mass is 10.1. The molecule has 5 heteroatoms. The maximum Gasteiger partial charge on any atom is 0.343 e. The van der Waals surface area contributed by atoms with E-state index in [-0.39, 0.29) is 5.56 Å². The van der Waals surface area contributed by atoms with Crippen molar-refractivity contribution in [1.82, 2.24) is 0 Å². The highest BCUT2D eigenvalue weighted by molar-refractivity contribution is 5.98. The molecule has 1 rings (SSSR count). The van der Waals surface area contributed by atoms with Gasteiger partial charge in [0.05, 0.1) is 19.8 Å². The summed E-state index contributed by atoms with van der Waals surface area (Å²) < 4.78 is 10.2. The smallest absolute Gasteiger partial charge is 0.343 e. The zero-order valence-corrected chi connectivity index (χ0v) is 10.3. The van der Waals surface area contributed by atoms with Gasteiger partial charge < -0.3 is 15.2 Å². The summed E-state index contributed by atoms with van der Waals surface area (Å²) in [4.78, 5) is 11.6. The van der Waals surface area contributed by atoms with Crippen LogP contribution in [-0.4, -0.2) is 19.7 Å². The van der Waals surface area contributed by atoms with E-state index in [1.54, 1.807) is 18.2 Å². The van der Waals surface area contributed by atoms with Crippen molar-refractivity contribution < 1.29 is 14.3 Å². The average Bonchev–Trinajstić information content (AvgIpc) is 2.38. The molecule has 5 nitrogen and oxygen atoms in total. The highest BCUT2D eigenvalue weighted by atomic mass is 16.5. The van der Waals surface area contributed by atoms with Crippen LogP contribution in [-0.2, 0) is 4.74 Å². The van der Waals surface area contributed by atoms with Gasteiger partial charge in [-0.25, -0.2) is 4.79 Å². The van der Waals surface area contributed by atoms with E-state index in [9.17, 15) is 4.79 Å². The van der Waals surface area contributed by atoms with Crippen LogP contribution in [0.2, 0.25) is 0 Å². The summed E-state index contributed by atoms with van der Waals surface area (Å²) in [5, 5.41) is 8.40. The Morgan fingerprint density at radius 1 is 1.44 bits per heavy atom. The van der Waals surface area contributed by atoms with Gasteiger partial charge in [-0.15, -0.1) is 0 Å². The molecular formula is C13H16N2O3. The van der Waals surface area contributed by atoms with Crippen molar-refractivity contribution in [3.05, 3.63) is 23.8 Å². The molecule has 0 aliphatic heterocycles. The maximum absolute atomic E-state index is 11.6. The van der Waals surface area contributed by atoms with E-state index >= 15 is 0 Å². The fraction of sp³-hybridized carbons (Fsp3) is 0.385. The third kappa shape index (κ3) is 3.67. The number of esters is 1. The van der Waals surface area contributed by atoms with Crippen LogP contribution in [0.15, 0.2) is 18.2 Å². The third-order valence-electron chi connectivity index (χ3n) is 2.39. The molecule has 96 valence electrons. The zero-order valence-electron chi connectivity index (χ0n) is 10.3. The van der Waals surface area contributed by atoms with Crippen LogP contribution in [0.5, 0.6) is 5.75 Å². The molecule has 0 aliphatic rings. The quantitative estimate of drug-likeness (QED) is 0.473. The van der Waals surface area contributed by atoms with Gasteiger partial charge in [0, 0.05) is 12.1 Å². The molecule has 0 aromatic heterocycles.